The van der Waals surface area contributed by atoms with Crippen molar-refractivity contribution in [3.63, 3.8) is 0 Å². The van der Waals surface area contributed by atoms with Crippen molar-refractivity contribution < 1.29 is 14.9 Å². The number of rotatable bonds is 2. The summed E-state index contributed by atoms with van der Waals surface area (Å²) < 4.78 is 5.95. The number of phenols is 2. The molecule has 0 aliphatic carbocycles. The Kier molecular flexibility index (Phi) is 3.42. The van der Waals surface area contributed by atoms with Gasteiger partial charge >= 0.3 is 0 Å². The van der Waals surface area contributed by atoms with E-state index in [0.29, 0.717) is 0 Å². The highest BCUT2D eigenvalue weighted by molar-refractivity contribution is 14.1. The Labute approximate surface area is 113 Å². The van der Waals surface area contributed by atoms with Crippen LogP contribution in [0.25, 0.3) is 11.1 Å². The number of methoxy groups -OCH3 is 1. The molecule has 0 heterocycles. The van der Waals surface area contributed by atoms with E-state index in [0.717, 1.165) is 14.7 Å². The summed E-state index contributed by atoms with van der Waals surface area (Å²) in [5.41, 5.74) is 1.71. The molecule has 2 N–H and O–H groups in total. The van der Waals surface area contributed by atoms with Crippen molar-refractivity contribution in [3.8, 4) is 28.4 Å². The molecule has 0 aliphatic heterocycles. The van der Waals surface area contributed by atoms with Crippen molar-refractivity contribution in [1.29, 1.82) is 0 Å². The van der Waals surface area contributed by atoms with Crippen molar-refractivity contribution in [2.24, 2.45) is 0 Å². The third-order valence-electron chi connectivity index (χ3n) is 2.44. The van der Waals surface area contributed by atoms with Gasteiger partial charge in [0.1, 0.15) is 0 Å². The Balaban J connectivity index is 2.59. The Morgan fingerprint density at radius 1 is 1.06 bits per heavy atom. The topological polar surface area (TPSA) is 49.7 Å². The molecule has 17 heavy (non-hydrogen) atoms. The maximum Gasteiger partial charge on any atom is 0.202 e. The molecule has 0 aromatic heterocycles. The second-order valence-corrected chi connectivity index (χ2v) is 4.69. The van der Waals surface area contributed by atoms with Crippen LogP contribution < -0.4 is 4.74 Å². The molecule has 0 fully saturated rings. The van der Waals surface area contributed by atoms with Crippen LogP contribution in [0.1, 0.15) is 0 Å². The quantitative estimate of drug-likeness (QED) is 0.823. The Bertz CT molecular complexity index is 529. The van der Waals surface area contributed by atoms with Crippen molar-refractivity contribution in [2.45, 2.75) is 0 Å². The molecule has 0 atom stereocenters. The summed E-state index contributed by atoms with van der Waals surface area (Å²) in [5.74, 6) is -0.0380. The molecule has 4 heteroatoms. The second kappa shape index (κ2) is 4.83. The van der Waals surface area contributed by atoms with Crippen molar-refractivity contribution in [2.75, 3.05) is 7.11 Å². The first-order valence-electron chi connectivity index (χ1n) is 4.98. The summed E-state index contributed by atoms with van der Waals surface area (Å²) in [7, 11) is 1.40. The van der Waals surface area contributed by atoms with Crippen molar-refractivity contribution >= 4 is 22.6 Å². The van der Waals surface area contributed by atoms with Gasteiger partial charge in [0, 0.05) is 3.57 Å². The molecular formula is C13H11IO3. The van der Waals surface area contributed by atoms with Crippen LogP contribution in [-0.4, -0.2) is 17.3 Å². The van der Waals surface area contributed by atoms with E-state index in [9.17, 15) is 10.2 Å². The first-order chi connectivity index (χ1) is 8.13. The monoisotopic (exact) mass is 342 g/mol. The van der Waals surface area contributed by atoms with E-state index in [2.05, 4.69) is 22.6 Å². The van der Waals surface area contributed by atoms with Gasteiger partial charge in [-0.1, -0.05) is 18.2 Å². The van der Waals surface area contributed by atoms with Gasteiger partial charge in [-0.15, -0.1) is 0 Å². The predicted molar refractivity (Wildman–Crippen MR) is 74.5 cm³/mol. The molecule has 2 aromatic rings. The van der Waals surface area contributed by atoms with Gasteiger partial charge in [-0.2, -0.15) is 0 Å². The maximum absolute atomic E-state index is 9.74. The fourth-order valence-corrected chi connectivity index (χ4v) is 2.36. The lowest BCUT2D eigenvalue weighted by atomic mass is 10.0. The maximum atomic E-state index is 9.74. The van der Waals surface area contributed by atoms with Crippen LogP contribution in [0.2, 0.25) is 0 Å². The second-order valence-electron chi connectivity index (χ2n) is 3.53. The van der Waals surface area contributed by atoms with E-state index in [1.807, 2.05) is 24.3 Å². The van der Waals surface area contributed by atoms with E-state index < -0.39 is 0 Å². The number of hydrogen-bond donors (Lipinski definition) is 2. The molecule has 0 radical (unpaired) electrons. The van der Waals surface area contributed by atoms with Gasteiger partial charge in [-0.25, -0.2) is 0 Å². The molecule has 2 aromatic carbocycles. The number of hydrogen-bond acceptors (Lipinski definition) is 3. The fraction of sp³-hybridized carbons (Fsp3) is 0.0769. The molecule has 2 rings (SSSR count). The summed E-state index contributed by atoms with van der Waals surface area (Å²) >= 11 is 2.21. The van der Waals surface area contributed by atoms with Crippen LogP contribution in [0.15, 0.2) is 36.4 Å². The third kappa shape index (κ3) is 2.31. The zero-order valence-corrected chi connectivity index (χ0v) is 11.3. The van der Waals surface area contributed by atoms with Crippen LogP contribution in [0.5, 0.6) is 17.2 Å². The standard InChI is InChI=1S/C13H11IO3/c1-17-13-11(15)6-8(7-12(13)16)9-4-2-3-5-10(9)14/h2-7,15-16H,1H3. The molecule has 0 saturated heterocycles. The average Bonchev–Trinajstić information content (AvgIpc) is 2.29. The molecule has 0 amide bonds. The summed E-state index contributed by atoms with van der Waals surface area (Å²) in [6.07, 6.45) is 0. The lowest BCUT2D eigenvalue weighted by Crippen LogP contribution is -1.87. The lowest BCUT2D eigenvalue weighted by Gasteiger charge is -2.10. The number of aromatic hydroxyl groups is 2. The SMILES string of the molecule is COc1c(O)cc(-c2ccccc2I)cc1O. The zero-order valence-electron chi connectivity index (χ0n) is 9.14. The van der Waals surface area contributed by atoms with Gasteiger partial charge in [0.25, 0.3) is 0 Å². The minimum Gasteiger partial charge on any atom is -0.504 e. The van der Waals surface area contributed by atoms with Gasteiger partial charge < -0.3 is 14.9 Å². The minimum absolute atomic E-state index is 0.0675. The number of benzene rings is 2. The van der Waals surface area contributed by atoms with Gasteiger partial charge in [-0.05, 0) is 51.9 Å². The highest BCUT2D eigenvalue weighted by Crippen LogP contribution is 2.40. The van der Waals surface area contributed by atoms with Crippen LogP contribution in [0.4, 0.5) is 0 Å². The summed E-state index contributed by atoms with van der Waals surface area (Å²) in [6, 6.07) is 10.9. The van der Waals surface area contributed by atoms with E-state index in [1.165, 1.54) is 7.11 Å². The highest BCUT2D eigenvalue weighted by Gasteiger charge is 2.12. The minimum atomic E-state index is -0.0675. The number of phenolic OH excluding ortho intramolecular Hbond substituents is 2. The molecule has 88 valence electrons. The largest absolute Gasteiger partial charge is 0.504 e. The van der Waals surface area contributed by atoms with E-state index in [1.54, 1.807) is 12.1 Å². The molecule has 0 aliphatic rings. The van der Waals surface area contributed by atoms with Crippen LogP contribution in [0.3, 0.4) is 0 Å². The molecule has 3 nitrogen and oxygen atoms in total. The Hall–Kier alpha value is -1.43. The molecule has 0 bridgehead atoms. The molecule has 0 saturated carbocycles. The van der Waals surface area contributed by atoms with Gasteiger partial charge in [-0.3, -0.25) is 0 Å². The normalized spacial score (nSPS) is 10.2. The summed E-state index contributed by atoms with van der Waals surface area (Å²) in [5, 5.41) is 19.5. The van der Waals surface area contributed by atoms with Gasteiger partial charge in [0.15, 0.2) is 11.5 Å². The van der Waals surface area contributed by atoms with Gasteiger partial charge in [0.05, 0.1) is 7.11 Å². The van der Waals surface area contributed by atoms with Crippen LogP contribution in [-0.2, 0) is 0 Å². The predicted octanol–water partition coefficient (Wildman–Crippen LogP) is 3.38. The van der Waals surface area contributed by atoms with Crippen molar-refractivity contribution in [3.05, 3.63) is 40.0 Å². The lowest BCUT2D eigenvalue weighted by molar-refractivity contribution is 0.345. The third-order valence-corrected chi connectivity index (χ3v) is 3.38. The molecule has 0 spiro atoms. The Morgan fingerprint density at radius 2 is 1.65 bits per heavy atom. The first kappa shape index (κ1) is 12.0. The smallest absolute Gasteiger partial charge is 0.202 e. The Morgan fingerprint density at radius 3 is 2.18 bits per heavy atom. The van der Waals surface area contributed by atoms with E-state index in [-0.39, 0.29) is 17.2 Å². The average molecular weight is 342 g/mol. The van der Waals surface area contributed by atoms with E-state index in [4.69, 9.17) is 4.74 Å². The van der Waals surface area contributed by atoms with E-state index >= 15 is 0 Å². The van der Waals surface area contributed by atoms with Crippen molar-refractivity contribution in [1.82, 2.24) is 0 Å². The summed E-state index contributed by atoms with van der Waals surface area (Å²) in [4.78, 5) is 0. The molecular weight excluding hydrogens is 331 g/mol. The first-order valence-corrected chi connectivity index (χ1v) is 6.06. The number of halogens is 1. The van der Waals surface area contributed by atoms with Crippen LogP contribution in [0, 0.1) is 3.57 Å². The number of ether oxygens (including phenoxy) is 1. The fourth-order valence-electron chi connectivity index (χ4n) is 1.66. The highest BCUT2D eigenvalue weighted by atomic mass is 127. The molecule has 0 unspecified atom stereocenters. The zero-order chi connectivity index (χ0) is 12.4. The van der Waals surface area contributed by atoms with Crippen LogP contribution >= 0.6 is 22.6 Å². The van der Waals surface area contributed by atoms with Gasteiger partial charge in [0.2, 0.25) is 5.75 Å². The summed E-state index contributed by atoms with van der Waals surface area (Å²) in [6.45, 7) is 0.